The molecule has 0 saturated heterocycles. The van der Waals surface area contributed by atoms with E-state index in [1.165, 1.54) is 70.6 Å². The van der Waals surface area contributed by atoms with Gasteiger partial charge in [-0.25, -0.2) is 0 Å². The number of fused-ring (bicyclic) bond motifs is 5. The summed E-state index contributed by atoms with van der Waals surface area (Å²) in [4.78, 5) is 0. The van der Waals surface area contributed by atoms with Gasteiger partial charge >= 0.3 is 0 Å². The fraction of sp³-hybridized carbons (Fsp3) is 0.933. The van der Waals surface area contributed by atoms with Gasteiger partial charge in [0.25, 0.3) is 0 Å². The maximum Gasteiger partial charge on any atom is -0.00851 e. The van der Waals surface area contributed by atoms with Crippen molar-refractivity contribution in [3.8, 4) is 0 Å². The van der Waals surface area contributed by atoms with Crippen molar-refractivity contribution in [2.45, 2.75) is 119 Å². The molecule has 0 aliphatic heterocycles. The molecule has 8 atom stereocenters. The van der Waals surface area contributed by atoms with Gasteiger partial charge < -0.3 is 0 Å². The van der Waals surface area contributed by atoms with Gasteiger partial charge in [0, 0.05) is 0 Å². The lowest BCUT2D eigenvalue weighted by Gasteiger charge is -2.59. The number of hydrogen-bond acceptors (Lipinski definition) is 0. The van der Waals surface area contributed by atoms with E-state index in [9.17, 15) is 0 Å². The second-order valence-electron chi connectivity index (χ2n) is 13.5. The first-order chi connectivity index (χ1) is 14.2. The first-order valence-electron chi connectivity index (χ1n) is 13.9. The Morgan fingerprint density at radius 1 is 0.900 bits per heavy atom. The first kappa shape index (κ1) is 22.9. The minimum Gasteiger partial charge on any atom is -0.0845 e. The van der Waals surface area contributed by atoms with Crippen molar-refractivity contribution in [3.05, 3.63) is 11.6 Å². The zero-order chi connectivity index (χ0) is 21.7. The zero-order valence-electron chi connectivity index (χ0n) is 21.5. The summed E-state index contributed by atoms with van der Waals surface area (Å²) >= 11 is 0. The van der Waals surface area contributed by atoms with Crippen LogP contribution >= 0.6 is 0 Å². The molecule has 0 heterocycles. The van der Waals surface area contributed by atoms with Crippen molar-refractivity contribution in [2.75, 3.05) is 0 Å². The molecule has 0 heteroatoms. The highest BCUT2D eigenvalue weighted by molar-refractivity contribution is 5.25. The number of hydrogen-bond donors (Lipinski definition) is 0. The van der Waals surface area contributed by atoms with Crippen LogP contribution in [0.4, 0.5) is 0 Å². The molecule has 30 heavy (non-hydrogen) atoms. The molecule has 0 radical (unpaired) electrons. The van der Waals surface area contributed by atoms with E-state index in [4.69, 9.17) is 0 Å². The molecule has 4 aliphatic rings. The van der Waals surface area contributed by atoms with E-state index in [0.29, 0.717) is 10.8 Å². The van der Waals surface area contributed by atoms with Crippen molar-refractivity contribution in [2.24, 2.45) is 58.2 Å². The molecule has 172 valence electrons. The lowest BCUT2D eigenvalue weighted by Crippen LogP contribution is -2.50. The lowest BCUT2D eigenvalue weighted by atomic mass is 9.46. The molecule has 0 nitrogen and oxygen atoms in total. The quantitative estimate of drug-likeness (QED) is 0.381. The fourth-order valence-corrected chi connectivity index (χ4v) is 9.28. The number of allylic oxidation sites excluding steroid dienone is 2. The Kier molecular flexibility index (Phi) is 6.56. The molecule has 3 saturated carbocycles. The molecule has 0 bridgehead atoms. The third-order valence-corrected chi connectivity index (χ3v) is 11.3. The van der Waals surface area contributed by atoms with Crippen LogP contribution in [0.15, 0.2) is 11.6 Å². The average molecular weight is 413 g/mol. The monoisotopic (exact) mass is 412 g/mol. The van der Waals surface area contributed by atoms with Crippen molar-refractivity contribution < 1.29 is 0 Å². The fourth-order valence-electron chi connectivity index (χ4n) is 9.28. The maximum atomic E-state index is 2.78. The third-order valence-electron chi connectivity index (χ3n) is 11.3. The van der Waals surface area contributed by atoms with Gasteiger partial charge in [0.1, 0.15) is 0 Å². The van der Waals surface area contributed by atoms with E-state index < -0.39 is 0 Å². The standard InChI is InChI=1S/C30H52/c1-20(2)9-8-10-22(5)26-13-14-27-25-12-11-24-19-23(21(3)4)15-17-29(24,6)28(25)16-18-30(26,27)7/h11,20-23,25-28H,8-10,12-19H2,1-7H3/t22-,23+,25+,26-,27?,28?,29+,30-/m1/s1. The summed E-state index contributed by atoms with van der Waals surface area (Å²) < 4.78 is 0. The summed E-state index contributed by atoms with van der Waals surface area (Å²) in [6.45, 7) is 17.7. The van der Waals surface area contributed by atoms with Crippen LogP contribution in [0.5, 0.6) is 0 Å². The van der Waals surface area contributed by atoms with Gasteiger partial charge in [0.05, 0.1) is 0 Å². The molecule has 0 aromatic heterocycles. The highest BCUT2D eigenvalue weighted by Gasteiger charge is 2.59. The third kappa shape index (κ3) is 3.85. The maximum absolute atomic E-state index is 2.78. The predicted octanol–water partition coefficient (Wildman–Crippen LogP) is 9.30. The molecule has 0 amide bonds. The van der Waals surface area contributed by atoms with Gasteiger partial charge in [-0.05, 0) is 110 Å². The highest BCUT2D eigenvalue weighted by atomic mass is 14.6. The zero-order valence-corrected chi connectivity index (χ0v) is 21.5. The number of rotatable bonds is 6. The summed E-state index contributed by atoms with van der Waals surface area (Å²) in [5.41, 5.74) is 3.06. The van der Waals surface area contributed by atoms with Crippen LogP contribution in [0.1, 0.15) is 119 Å². The predicted molar refractivity (Wildman–Crippen MR) is 131 cm³/mol. The summed E-state index contributed by atoms with van der Waals surface area (Å²) in [6, 6.07) is 0. The van der Waals surface area contributed by atoms with Crippen molar-refractivity contribution >= 4 is 0 Å². The summed E-state index contributed by atoms with van der Waals surface area (Å²) in [5, 5.41) is 0. The molecule has 0 N–H and O–H groups in total. The van der Waals surface area contributed by atoms with Gasteiger partial charge in [0.15, 0.2) is 0 Å². The van der Waals surface area contributed by atoms with Gasteiger partial charge in [-0.3, -0.25) is 0 Å². The SMILES string of the molecule is CC(C)CCC[C@@H](C)[C@H]1CCC2[C@@H]3CC=C4C[C@@H](C(C)C)CC[C@]4(C)C3CC[C@@]21C. The molecular weight excluding hydrogens is 360 g/mol. The van der Waals surface area contributed by atoms with Crippen LogP contribution in [0.25, 0.3) is 0 Å². The molecule has 0 spiro atoms. The Labute approximate surface area is 189 Å². The van der Waals surface area contributed by atoms with Crippen LogP contribution in [0, 0.1) is 58.2 Å². The second-order valence-corrected chi connectivity index (χ2v) is 13.5. The van der Waals surface area contributed by atoms with E-state index >= 15 is 0 Å². The molecule has 3 fully saturated rings. The molecule has 0 aromatic carbocycles. The molecular formula is C30H52. The topological polar surface area (TPSA) is 0 Å². The van der Waals surface area contributed by atoms with Crippen LogP contribution in [0.2, 0.25) is 0 Å². The summed E-state index contributed by atoms with van der Waals surface area (Å²) in [6.07, 6.45) is 19.0. The molecule has 4 aliphatic carbocycles. The highest BCUT2D eigenvalue weighted by Crippen LogP contribution is 2.67. The van der Waals surface area contributed by atoms with Crippen LogP contribution in [-0.2, 0) is 0 Å². The minimum absolute atomic E-state index is 0.538. The van der Waals surface area contributed by atoms with E-state index in [-0.39, 0.29) is 0 Å². The van der Waals surface area contributed by atoms with Crippen molar-refractivity contribution in [3.63, 3.8) is 0 Å². The Bertz CT molecular complexity index is 626. The Balaban J connectivity index is 1.48. The van der Waals surface area contributed by atoms with Gasteiger partial charge in [-0.15, -0.1) is 0 Å². The summed E-state index contributed by atoms with van der Waals surface area (Å²) in [5.74, 6) is 7.57. The van der Waals surface area contributed by atoms with Gasteiger partial charge in [-0.1, -0.05) is 79.4 Å². The van der Waals surface area contributed by atoms with Gasteiger partial charge in [0.2, 0.25) is 0 Å². The first-order valence-corrected chi connectivity index (χ1v) is 13.9. The smallest absolute Gasteiger partial charge is 0.00851 e. The van der Waals surface area contributed by atoms with E-state index in [1.807, 2.05) is 5.57 Å². The Morgan fingerprint density at radius 2 is 1.67 bits per heavy atom. The molecule has 0 aromatic rings. The van der Waals surface area contributed by atoms with Crippen molar-refractivity contribution in [1.82, 2.24) is 0 Å². The van der Waals surface area contributed by atoms with Crippen LogP contribution in [0.3, 0.4) is 0 Å². The van der Waals surface area contributed by atoms with E-state index in [1.54, 1.807) is 0 Å². The Morgan fingerprint density at radius 3 is 2.37 bits per heavy atom. The second kappa shape index (κ2) is 8.59. The Hall–Kier alpha value is -0.260. The largest absolute Gasteiger partial charge is 0.0845 e. The average Bonchev–Trinajstić information content (AvgIpc) is 3.04. The van der Waals surface area contributed by atoms with Crippen LogP contribution < -0.4 is 0 Å². The normalized spacial score (nSPS) is 44.4. The minimum atomic E-state index is 0.538. The van der Waals surface area contributed by atoms with E-state index in [0.717, 1.165) is 47.3 Å². The van der Waals surface area contributed by atoms with Crippen molar-refractivity contribution in [1.29, 1.82) is 0 Å². The molecule has 2 unspecified atom stereocenters. The summed E-state index contributed by atoms with van der Waals surface area (Å²) in [7, 11) is 0. The van der Waals surface area contributed by atoms with E-state index in [2.05, 4.69) is 54.5 Å². The lowest BCUT2D eigenvalue weighted by molar-refractivity contribution is -0.0538. The molecule has 4 rings (SSSR count). The van der Waals surface area contributed by atoms with Crippen LogP contribution in [-0.4, -0.2) is 0 Å². The van der Waals surface area contributed by atoms with Gasteiger partial charge in [-0.2, -0.15) is 0 Å².